The number of hydrogen-bond acceptors (Lipinski definition) is 3. The number of quaternary nitrogens is 2. The lowest BCUT2D eigenvalue weighted by atomic mass is 10.0. The highest BCUT2D eigenvalue weighted by atomic mass is 16.6. The molecule has 0 aliphatic rings. The van der Waals surface area contributed by atoms with Gasteiger partial charge in [-0.1, -0.05) is 206 Å². The summed E-state index contributed by atoms with van der Waals surface area (Å²) in [5, 5.41) is 16.7. The van der Waals surface area contributed by atoms with Crippen molar-refractivity contribution in [2.75, 3.05) is 55.4 Å². The molecule has 0 aromatic carbocycles. The molecule has 0 heterocycles. The SMILES string of the molecule is CCCCCCCCCCCCCCCCCCC[N+](C)(C)C.CCCCCCCCCCCCCCCCCCC[N+](C)(C)C.O=C([O-])[O-]. The fourth-order valence-corrected chi connectivity index (χ4v) is 6.62. The van der Waals surface area contributed by atoms with E-state index < -0.39 is 6.16 Å². The zero-order chi connectivity index (χ0) is 38.0. The zero-order valence-corrected chi connectivity index (χ0v) is 36.1. The van der Waals surface area contributed by atoms with Crippen molar-refractivity contribution < 1.29 is 24.0 Å². The average molecular weight is 713 g/mol. The van der Waals surface area contributed by atoms with Crippen LogP contribution in [0.2, 0.25) is 0 Å². The summed E-state index contributed by atoms with van der Waals surface area (Å²) in [7, 11) is 13.8. The molecule has 0 radical (unpaired) electrons. The summed E-state index contributed by atoms with van der Waals surface area (Å²) in [4.78, 5) is 8.33. The quantitative estimate of drug-likeness (QED) is 0.0480. The normalized spacial score (nSPS) is 11.5. The van der Waals surface area contributed by atoms with E-state index in [1.165, 1.54) is 231 Å². The standard InChI is InChI=1S/2C22H48N.CH2O3/c2*1-5-6-7-8-9-10-11-12-13-14-15-16-17-18-19-20-21-22-23(2,3)4;2-1(3)4/h2*5-22H2,1-4H3;(H2,2,3,4)/q2*+1;/p-2. The van der Waals surface area contributed by atoms with Gasteiger partial charge in [-0.3, -0.25) is 0 Å². The Morgan fingerprint density at radius 2 is 0.420 bits per heavy atom. The lowest BCUT2D eigenvalue weighted by Crippen LogP contribution is -2.37. The van der Waals surface area contributed by atoms with E-state index in [-0.39, 0.29) is 0 Å². The van der Waals surface area contributed by atoms with Crippen LogP contribution in [0.15, 0.2) is 0 Å². The molecule has 0 atom stereocenters. The van der Waals surface area contributed by atoms with Crippen molar-refractivity contribution in [1.82, 2.24) is 0 Å². The second-order valence-corrected chi connectivity index (χ2v) is 17.6. The number of rotatable bonds is 36. The highest BCUT2D eigenvalue weighted by Crippen LogP contribution is 2.16. The summed E-state index contributed by atoms with van der Waals surface area (Å²) in [5.41, 5.74) is 0. The lowest BCUT2D eigenvalue weighted by molar-refractivity contribution is -0.870. The van der Waals surface area contributed by atoms with Gasteiger partial charge in [0.2, 0.25) is 0 Å². The molecular formula is C45H96N2O3. The summed E-state index contributed by atoms with van der Waals surface area (Å²) in [6.45, 7) is 7.26. The van der Waals surface area contributed by atoms with Gasteiger partial charge in [-0.15, -0.1) is 0 Å². The van der Waals surface area contributed by atoms with E-state index in [0.717, 1.165) is 8.97 Å². The van der Waals surface area contributed by atoms with Gasteiger partial charge in [0.05, 0.1) is 55.4 Å². The van der Waals surface area contributed by atoms with Crippen molar-refractivity contribution in [3.8, 4) is 0 Å². The molecule has 0 aliphatic carbocycles. The van der Waals surface area contributed by atoms with Crippen molar-refractivity contribution >= 4 is 6.16 Å². The Morgan fingerprint density at radius 3 is 0.540 bits per heavy atom. The van der Waals surface area contributed by atoms with Crippen LogP contribution in [0.5, 0.6) is 0 Å². The smallest absolute Gasteiger partial charge is 0.0780 e. The van der Waals surface area contributed by atoms with Crippen LogP contribution in [0.4, 0.5) is 4.79 Å². The minimum Gasteiger partial charge on any atom is -0.652 e. The fraction of sp³-hybridized carbons (Fsp3) is 0.978. The molecule has 0 unspecified atom stereocenters. The Morgan fingerprint density at radius 1 is 0.300 bits per heavy atom. The molecule has 5 heteroatoms. The van der Waals surface area contributed by atoms with E-state index in [1.807, 2.05) is 0 Å². The zero-order valence-electron chi connectivity index (χ0n) is 36.1. The van der Waals surface area contributed by atoms with Gasteiger partial charge >= 0.3 is 0 Å². The molecule has 0 N–H and O–H groups in total. The first-order chi connectivity index (χ1) is 23.9. The van der Waals surface area contributed by atoms with E-state index in [4.69, 9.17) is 15.0 Å². The van der Waals surface area contributed by atoms with Crippen molar-refractivity contribution in [3.63, 3.8) is 0 Å². The Labute approximate surface area is 316 Å². The lowest BCUT2D eigenvalue weighted by Gasteiger charge is -2.23. The van der Waals surface area contributed by atoms with Gasteiger partial charge in [0.25, 0.3) is 0 Å². The molecule has 0 amide bonds. The fourth-order valence-electron chi connectivity index (χ4n) is 6.62. The highest BCUT2D eigenvalue weighted by molar-refractivity contribution is 5.47. The predicted molar refractivity (Wildman–Crippen MR) is 220 cm³/mol. The third-order valence-corrected chi connectivity index (χ3v) is 9.86. The highest BCUT2D eigenvalue weighted by Gasteiger charge is 2.06. The number of carbonyl (C=O) groups excluding carboxylic acids is 1. The van der Waals surface area contributed by atoms with Crippen LogP contribution in [0.1, 0.15) is 232 Å². The monoisotopic (exact) mass is 713 g/mol. The molecule has 0 fully saturated rings. The maximum atomic E-state index is 8.33. The number of hydrogen-bond donors (Lipinski definition) is 0. The average Bonchev–Trinajstić information content (AvgIpc) is 3.03. The van der Waals surface area contributed by atoms with E-state index in [0.29, 0.717) is 0 Å². The summed E-state index contributed by atoms with van der Waals surface area (Å²) in [6.07, 6.45) is 47.4. The third-order valence-electron chi connectivity index (χ3n) is 9.86. The Hall–Kier alpha value is -0.810. The van der Waals surface area contributed by atoms with Crippen molar-refractivity contribution in [3.05, 3.63) is 0 Å². The van der Waals surface area contributed by atoms with E-state index in [9.17, 15) is 0 Å². The topological polar surface area (TPSA) is 63.2 Å². The van der Waals surface area contributed by atoms with Gasteiger partial charge in [0, 0.05) is 0 Å². The van der Waals surface area contributed by atoms with Gasteiger partial charge < -0.3 is 24.0 Å². The molecular weight excluding hydrogens is 617 g/mol. The van der Waals surface area contributed by atoms with Crippen LogP contribution in [-0.2, 0) is 0 Å². The van der Waals surface area contributed by atoms with Gasteiger partial charge in [0.1, 0.15) is 0 Å². The molecule has 304 valence electrons. The Kier molecular flexibility index (Phi) is 45.6. The molecule has 0 aromatic rings. The van der Waals surface area contributed by atoms with Gasteiger partial charge in [-0.25, -0.2) is 0 Å². The van der Waals surface area contributed by atoms with Gasteiger partial charge in [-0.2, -0.15) is 0 Å². The molecule has 0 spiro atoms. The largest absolute Gasteiger partial charge is 0.652 e. The molecule has 0 rings (SSSR count). The van der Waals surface area contributed by atoms with Crippen molar-refractivity contribution in [2.45, 2.75) is 232 Å². The molecule has 0 saturated heterocycles. The number of carboxylic acid groups (broad SMARTS) is 2. The van der Waals surface area contributed by atoms with Crippen LogP contribution in [0, 0.1) is 0 Å². The van der Waals surface area contributed by atoms with Crippen molar-refractivity contribution in [1.29, 1.82) is 0 Å². The first-order valence-electron chi connectivity index (χ1n) is 22.3. The predicted octanol–water partition coefficient (Wildman–Crippen LogP) is 12.2. The molecule has 5 nitrogen and oxygen atoms in total. The maximum Gasteiger partial charge on any atom is 0.0780 e. The second kappa shape index (κ2) is 42.6. The second-order valence-electron chi connectivity index (χ2n) is 17.6. The maximum absolute atomic E-state index is 8.33. The first kappa shape index (κ1) is 53.5. The summed E-state index contributed by atoms with van der Waals surface area (Å²) < 4.78 is 2.25. The van der Waals surface area contributed by atoms with Crippen LogP contribution < -0.4 is 10.2 Å². The van der Waals surface area contributed by atoms with Gasteiger partial charge in [0.15, 0.2) is 0 Å². The van der Waals surface area contributed by atoms with Crippen LogP contribution in [-0.4, -0.2) is 70.5 Å². The van der Waals surface area contributed by atoms with E-state index in [2.05, 4.69) is 56.1 Å². The summed E-state index contributed by atoms with van der Waals surface area (Å²) in [6, 6.07) is 0. The summed E-state index contributed by atoms with van der Waals surface area (Å²) >= 11 is 0. The molecule has 0 bridgehead atoms. The van der Waals surface area contributed by atoms with Crippen molar-refractivity contribution in [2.24, 2.45) is 0 Å². The molecule has 0 aliphatic heterocycles. The third kappa shape index (κ3) is 65.6. The summed E-state index contributed by atoms with van der Waals surface area (Å²) in [5.74, 6) is 0. The van der Waals surface area contributed by atoms with Crippen LogP contribution in [0.3, 0.4) is 0 Å². The van der Waals surface area contributed by atoms with Crippen LogP contribution in [0.25, 0.3) is 0 Å². The number of carbonyl (C=O) groups is 1. The first-order valence-corrected chi connectivity index (χ1v) is 22.3. The number of unbranched alkanes of at least 4 members (excludes halogenated alkanes) is 32. The number of nitrogens with zero attached hydrogens (tertiary/aromatic N) is 2. The molecule has 0 saturated carbocycles. The minimum atomic E-state index is -2.33. The van der Waals surface area contributed by atoms with E-state index >= 15 is 0 Å². The Balaban J connectivity index is -0.000000797. The minimum absolute atomic E-state index is 1.12. The van der Waals surface area contributed by atoms with E-state index in [1.54, 1.807) is 0 Å². The Bertz CT molecular complexity index is 575. The van der Waals surface area contributed by atoms with Crippen LogP contribution >= 0.6 is 0 Å². The van der Waals surface area contributed by atoms with Gasteiger partial charge in [-0.05, 0) is 31.8 Å². The molecule has 0 aromatic heterocycles. The molecule has 50 heavy (non-hydrogen) atoms.